The van der Waals surface area contributed by atoms with E-state index in [2.05, 4.69) is 6.92 Å². The lowest BCUT2D eigenvalue weighted by Crippen LogP contribution is -2.38. The van der Waals surface area contributed by atoms with Gasteiger partial charge in [0.1, 0.15) is 5.82 Å². The monoisotopic (exact) mass is 249 g/mol. The lowest BCUT2D eigenvalue weighted by Gasteiger charge is -2.30. The van der Waals surface area contributed by atoms with Gasteiger partial charge < -0.3 is 4.90 Å². The number of halogens is 1. The summed E-state index contributed by atoms with van der Waals surface area (Å²) in [7, 11) is 0. The quantitative estimate of drug-likeness (QED) is 0.806. The van der Waals surface area contributed by atoms with Gasteiger partial charge in [0.25, 0.3) is 0 Å². The molecule has 0 spiro atoms. The fourth-order valence-corrected chi connectivity index (χ4v) is 2.36. The largest absolute Gasteiger partial charge is 0.343 e. The van der Waals surface area contributed by atoms with Crippen LogP contribution in [0.5, 0.6) is 0 Å². The maximum atomic E-state index is 13.4. The van der Waals surface area contributed by atoms with Gasteiger partial charge in [0.05, 0.1) is 0 Å². The lowest BCUT2D eigenvalue weighted by atomic mass is 9.98. The van der Waals surface area contributed by atoms with Crippen LogP contribution in [0.15, 0.2) is 24.3 Å². The van der Waals surface area contributed by atoms with Gasteiger partial charge in [0.15, 0.2) is 0 Å². The molecular formula is C15H20FNO. The van der Waals surface area contributed by atoms with Gasteiger partial charge in [-0.3, -0.25) is 4.79 Å². The molecule has 1 saturated heterocycles. The summed E-state index contributed by atoms with van der Waals surface area (Å²) < 4.78 is 13.4. The Morgan fingerprint density at radius 3 is 2.67 bits per heavy atom. The van der Waals surface area contributed by atoms with Crippen molar-refractivity contribution in [3.05, 3.63) is 35.6 Å². The van der Waals surface area contributed by atoms with Crippen molar-refractivity contribution in [1.29, 1.82) is 0 Å². The number of amides is 1. The summed E-state index contributed by atoms with van der Waals surface area (Å²) in [6, 6.07) is 6.68. The third-order valence-electron chi connectivity index (χ3n) is 3.70. The minimum absolute atomic E-state index is 0.158. The maximum Gasteiger partial charge on any atom is 0.222 e. The molecule has 18 heavy (non-hydrogen) atoms. The third-order valence-corrected chi connectivity index (χ3v) is 3.70. The first-order chi connectivity index (χ1) is 8.66. The van der Waals surface area contributed by atoms with Gasteiger partial charge in [0, 0.05) is 19.5 Å². The summed E-state index contributed by atoms with van der Waals surface area (Å²) in [4.78, 5) is 13.9. The van der Waals surface area contributed by atoms with E-state index >= 15 is 0 Å². The summed E-state index contributed by atoms with van der Waals surface area (Å²) in [6.45, 7) is 3.94. The van der Waals surface area contributed by atoms with Gasteiger partial charge in [-0.05, 0) is 36.8 Å². The average molecular weight is 249 g/mol. The number of nitrogens with zero attached hydrogens (tertiary/aromatic N) is 1. The van der Waals surface area contributed by atoms with E-state index in [9.17, 15) is 9.18 Å². The highest BCUT2D eigenvalue weighted by Gasteiger charge is 2.20. The Balaban J connectivity index is 1.83. The SMILES string of the molecule is CC1CCN(C(=O)CCc2ccccc2F)CC1. The Kier molecular flexibility index (Phi) is 4.34. The third kappa shape index (κ3) is 3.31. The molecule has 2 nitrogen and oxygen atoms in total. The Morgan fingerprint density at radius 1 is 1.33 bits per heavy atom. The van der Waals surface area contributed by atoms with Gasteiger partial charge >= 0.3 is 0 Å². The topological polar surface area (TPSA) is 20.3 Å². The molecule has 1 fully saturated rings. The summed E-state index contributed by atoms with van der Waals surface area (Å²) >= 11 is 0. The zero-order valence-corrected chi connectivity index (χ0v) is 10.9. The Bertz CT molecular complexity index is 411. The van der Waals surface area contributed by atoms with E-state index in [0.717, 1.165) is 31.8 Å². The fourth-order valence-electron chi connectivity index (χ4n) is 2.36. The zero-order chi connectivity index (χ0) is 13.0. The molecule has 0 radical (unpaired) electrons. The highest BCUT2D eigenvalue weighted by Crippen LogP contribution is 2.17. The Labute approximate surface area is 108 Å². The van der Waals surface area contributed by atoms with Crippen molar-refractivity contribution in [2.45, 2.75) is 32.6 Å². The molecule has 0 atom stereocenters. The van der Waals surface area contributed by atoms with Crippen LogP contribution in [0.25, 0.3) is 0 Å². The van der Waals surface area contributed by atoms with Crippen molar-refractivity contribution in [3.8, 4) is 0 Å². The number of likely N-dealkylation sites (tertiary alicyclic amines) is 1. The van der Waals surface area contributed by atoms with E-state index in [-0.39, 0.29) is 11.7 Å². The van der Waals surface area contributed by atoms with Crippen molar-refractivity contribution in [2.75, 3.05) is 13.1 Å². The molecule has 1 aliphatic heterocycles. The second-order valence-corrected chi connectivity index (χ2v) is 5.15. The van der Waals surface area contributed by atoms with Crippen LogP contribution in [0.3, 0.4) is 0 Å². The van der Waals surface area contributed by atoms with Crippen molar-refractivity contribution >= 4 is 5.91 Å². The number of carbonyl (C=O) groups excluding carboxylic acids is 1. The number of aryl methyl sites for hydroxylation is 1. The van der Waals surface area contributed by atoms with Gasteiger partial charge in [-0.25, -0.2) is 4.39 Å². The minimum Gasteiger partial charge on any atom is -0.343 e. The van der Waals surface area contributed by atoms with Gasteiger partial charge in [-0.2, -0.15) is 0 Å². The molecule has 98 valence electrons. The predicted molar refractivity (Wildman–Crippen MR) is 69.7 cm³/mol. The first kappa shape index (κ1) is 13.1. The molecule has 1 aliphatic rings. The van der Waals surface area contributed by atoms with Crippen molar-refractivity contribution in [2.24, 2.45) is 5.92 Å². The number of benzene rings is 1. The summed E-state index contributed by atoms with van der Waals surface area (Å²) in [6.07, 6.45) is 3.09. The van der Waals surface area contributed by atoms with Crippen LogP contribution in [-0.2, 0) is 11.2 Å². The standard InChI is InChI=1S/C15H20FNO/c1-12-8-10-17(11-9-12)15(18)7-6-13-4-2-3-5-14(13)16/h2-5,12H,6-11H2,1H3. The molecule has 1 aromatic rings. The molecular weight excluding hydrogens is 229 g/mol. The van der Waals surface area contributed by atoms with E-state index in [0.29, 0.717) is 18.4 Å². The summed E-state index contributed by atoms with van der Waals surface area (Å²) in [5.74, 6) is 0.670. The van der Waals surface area contributed by atoms with E-state index in [1.54, 1.807) is 12.1 Å². The Hall–Kier alpha value is -1.38. The van der Waals surface area contributed by atoms with Crippen LogP contribution in [-0.4, -0.2) is 23.9 Å². The molecule has 0 aliphatic carbocycles. The highest BCUT2D eigenvalue weighted by atomic mass is 19.1. The van der Waals surface area contributed by atoms with E-state index in [4.69, 9.17) is 0 Å². The summed E-state index contributed by atoms with van der Waals surface area (Å²) in [5.41, 5.74) is 0.635. The number of hydrogen-bond donors (Lipinski definition) is 0. The van der Waals surface area contributed by atoms with E-state index in [1.807, 2.05) is 11.0 Å². The predicted octanol–water partition coefficient (Wildman–Crippen LogP) is 3.02. The molecule has 1 aromatic carbocycles. The number of piperidine rings is 1. The molecule has 1 heterocycles. The van der Waals surface area contributed by atoms with Gasteiger partial charge in [0.2, 0.25) is 5.91 Å². The summed E-state index contributed by atoms with van der Waals surface area (Å²) in [5, 5.41) is 0. The molecule has 0 bridgehead atoms. The number of carbonyl (C=O) groups is 1. The van der Waals surface area contributed by atoms with Crippen LogP contribution in [0.4, 0.5) is 4.39 Å². The molecule has 0 saturated carbocycles. The molecule has 1 amide bonds. The second-order valence-electron chi connectivity index (χ2n) is 5.15. The van der Waals surface area contributed by atoms with Crippen molar-refractivity contribution in [1.82, 2.24) is 4.90 Å². The molecule has 2 rings (SSSR count). The van der Waals surface area contributed by atoms with Gasteiger partial charge in [-0.1, -0.05) is 25.1 Å². The van der Waals surface area contributed by atoms with Gasteiger partial charge in [-0.15, -0.1) is 0 Å². The van der Waals surface area contributed by atoms with E-state index < -0.39 is 0 Å². The number of rotatable bonds is 3. The first-order valence-electron chi connectivity index (χ1n) is 6.68. The normalized spacial score (nSPS) is 16.9. The van der Waals surface area contributed by atoms with Crippen molar-refractivity contribution < 1.29 is 9.18 Å². The minimum atomic E-state index is -0.211. The van der Waals surface area contributed by atoms with Crippen molar-refractivity contribution in [3.63, 3.8) is 0 Å². The Morgan fingerprint density at radius 2 is 2.00 bits per heavy atom. The smallest absolute Gasteiger partial charge is 0.222 e. The zero-order valence-electron chi connectivity index (χ0n) is 10.9. The molecule has 3 heteroatoms. The highest BCUT2D eigenvalue weighted by molar-refractivity contribution is 5.76. The second kappa shape index (κ2) is 5.98. The number of hydrogen-bond acceptors (Lipinski definition) is 1. The average Bonchev–Trinajstić information content (AvgIpc) is 2.38. The molecule has 0 unspecified atom stereocenters. The van der Waals surface area contributed by atoms with Crippen LogP contribution >= 0.6 is 0 Å². The lowest BCUT2D eigenvalue weighted by molar-refractivity contribution is -0.132. The van der Waals surface area contributed by atoms with Crippen LogP contribution in [0.1, 0.15) is 31.7 Å². The first-order valence-corrected chi connectivity index (χ1v) is 6.68. The van der Waals surface area contributed by atoms with E-state index in [1.165, 1.54) is 6.07 Å². The molecule has 0 aromatic heterocycles. The van der Waals surface area contributed by atoms with Crippen LogP contribution < -0.4 is 0 Å². The molecule has 0 N–H and O–H groups in total. The fraction of sp³-hybridized carbons (Fsp3) is 0.533. The van der Waals surface area contributed by atoms with Crippen LogP contribution in [0.2, 0.25) is 0 Å². The maximum absolute atomic E-state index is 13.4. The van der Waals surface area contributed by atoms with Crippen LogP contribution in [0, 0.1) is 11.7 Å².